The zero-order chi connectivity index (χ0) is 5.70. The summed E-state index contributed by atoms with van der Waals surface area (Å²) in [5.41, 5.74) is 0. The predicted octanol–water partition coefficient (Wildman–Crippen LogP) is 0.511. The van der Waals surface area contributed by atoms with Crippen LogP contribution in [0.15, 0.2) is 12.7 Å². The van der Waals surface area contributed by atoms with Crippen LogP contribution < -0.4 is 0 Å². The van der Waals surface area contributed by atoms with Crippen LogP contribution in [0.5, 0.6) is 0 Å². The second kappa shape index (κ2) is 4.25. The zero-order valence-corrected chi connectivity index (χ0v) is 4.93. The third-order valence-electron chi connectivity index (χ3n) is 0.503. The van der Waals surface area contributed by atoms with Crippen LogP contribution in [0.3, 0.4) is 0 Å². The SMILES string of the molecule is C=CCP(O)CO. The minimum atomic E-state index is -1.14. The first-order chi connectivity index (χ1) is 3.31. The van der Waals surface area contributed by atoms with Crippen molar-refractivity contribution in [1.82, 2.24) is 0 Å². The fraction of sp³-hybridized carbons (Fsp3) is 0.500. The molecule has 0 aromatic heterocycles. The first-order valence-electron chi connectivity index (χ1n) is 1.97. The van der Waals surface area contributed by atoms with E-state index in [9.17, 15) is 0 Å². The number of aliphatic hydroxyl groups excluding tert-OH is 1. The van der Waals surface area contributed by atoms with E-state index in [1.165, 1.54) is 0 Å². The number of rotatable bonds is 3. The van der Waals surface area contributed by atoms with E-state index < -0.39 is 8.15 Å². The molecule has 0 heterocycles. The van der Waals surface area contributed by atoms with Crippen LogP contribution in [0.2, 0.25) is 0 Å². The molecule has 42 valence electrons. The van der Waals surface area contributed by atoms with Gasteiger partial charge in [0, 0.05) is 6.16 Å². The molecule has 0 amide bonds. The van der Waals surface area contributed by atoms with Crippen LogP contribution in [0.25, 0.3) is 0 Å². The van der Waals surface area contributed by atoms with Gasteiger partial charge in [-0.1, -0.05) is 6.08 Å². The number of aliphatic hydroxyl groups is 1. The lowest BCUT2D eigenvalue weighted by molar-refractivity contribution is 0.357. The van der Waals surface area contributed by atoms with Crippen LogP contribution in [0, 0.1) is 0 Å². The Morgan fingerprint density at radius 2 is 2.29 bits per heavy atom. The van der Waals surface area contributed by atoms with Gasteiger partial charge in [0.25, 0.3) is 0 Å². The highest BCUT2D eigenvalue weighted by atomic mass is 31.1. The van der Waals surface area contributed by atoms with E-state index in [0.29, 0.717) is 6.16 Å². The van der Waals surface area contributed by atoms with Crippen molar-refractivity contribution in [2.24, 2.45) is 0 Å². The summed E-state index contributed by atoms with van der Waals surface area (Å²) in [6, 6.07) is 0. The lowest BCUT2D eigenvalue weighted by Crippen LogP contribution is -1.81. The predicted molar refractivity (Wildman–Crippen MR) is 31.3 cm³/mol. The summed E-state index contributed by atoms with van der Waals surface area (Å²) in [6.45, 7) is 3.39. The van der Waals surface area contributed by atoms with Crippen molar-refractivity contribution in [3.8, 4) is 0 Å². The molecule has 0 aliphatic heterocycles. The zero-order valence-electron chi connectivity index (χ0n) is 4.04. The molecule has 0 aromatic carbocycles. The van der Waals surface area contributed by atoms with Gasteiger partial charge < -0.3 is 10.00 Å². The van der Waals surface area contributed by atoms with Crippen LogP contribution >= 0.6 is 8.15 Å². The van der Waals surface area contributed by atoms with Crippen molar-refractivity contribution in [2.75, 3.05) is 12.5 Å². The van der Waals surface area contributed by atoms with Gasteiger partial charge in [-0.3, -0.25) is 0 Å². The van der Waals surface area contributed by atoms with E-state index in [1.807, 2.05) is 0 Å². The van der Waals surface area contributed by atoms with Crippen LogP contribution in [-0.4, -0.2) is 22.5 Å². The largest absolute Gasteiger partial charge is 0.389 e. The molecule has 0 aromatic rings. The molecule has 1 atom stereocenters. The van der Waals surface area contributed by atoms with Crippen molar-refractivity contribution in [2.45, 2.75) is 0 Å². The van der Waals surface area contributed by atoms with Crippen LogP contribution in [0.4, 0.5) is 0 Å². The van der Waals surface area contributed by atoms with Crippen LogP contribution in [-0.2, 0) is 0 Å². The molecular weight excluding hydrogens is 111 g/mol. The standard InChI is InChI=1S/C4H9O2P/c1-2-3-7(6)4-5/h2,5-6H,1,3-4H2. The average molecular weight is 120 g/mol. The molecule has 0 aliphatic carbocycles. The molecule has 0 saturated heterocycles. The molecule has 0 saturated carbocycles. The highest BCUT2D eigenvalue weighted by molar-refractivity contribution is 7.51. The van der Waals surface area contributed by atoms with Crippen molar-refractivity contribution in [3.63, 3.8) is 0 Å². The van der Waals surface area contributed by atoms with Gasteiger partial charge in [-0.2, -0.15) is 0 Å². The van der Waals surface area contributed by atoms with E-state index in [-0.39, 0.29) is 6.35 Å². The molecule has 0 fully saturated rings. The number of allylic oxidation sites excluding steroid dienone is 1. The van der Waals surface area contributed by atoms with Crippen molar-refractivity contribution < 1.29 is 10.00 Å². The van der Waals surface area contributed by atoms with E-state index >= 15 is 0 Å². The molecule has 2 N–H and O–H groups in total. The third kappa shape index (κ3) is 3.93. The van der Waals surface area contributed by atoms with Gasteiger partial charge in [-0.15, -0.1) is 6.58 Å². The summed E-state index contributed by atoms with van der Waals surface area (Å²) in [6.07, 6.45) is 2.02. The molecule has 7 heavy (non-hydrogen) atoms. The Labute approximate surface area is 44.3 Å². The molecular formula is C4H9O2P. The Bertz CT molecular complexity index is 55.7. The Balaban J connectivity index is 2.98. The monoisotopic (exact) mass is 120 g/mol. The Hall–Kier alpha value is 0.0900. The van der Waals surface area contributed by atoms with Gasteiger partial charge in [0.2, 0.25) is 0 Å². The summed E-state index contributed by atoms with van der Waals surface area (Å²) in [7, 11) is -1.14. The summed E-state index contributed by atoms with van der Waals surface area (Å²) >= 11 is 0. The molecule has 0 radical (unpaired) electrons. The average Bonchev–Trinajstić information content (AvgIpc) is 1.68. The van der Waals surface area contributed by atoms with Gasteiger partial charge in [0.05, 0.1) is 14.5 Å². The van der Waals surface area contributed by atoms with E-state index in [0.717, 1.165) is 0 Å². The van der Waals surface area contributed by atoms with E-state index in [2.05, 4.69) is 6.58 Å². The lowest BCUT2D eigenvalue weighted by Gasteiger charge is -1.98. The highest BCUT2D eigenvalue weighted by Gasteiger charge is 1.94. The molecule has 1 unspecified atom stereocenters. The molecule has 2 nitrogen and oxygen atoms in total. The lowest BCUT2D eigenvalue weighted by atomic mass is 10.8. The normalized spacial score (nSPS) is 13.4. The maximum atomic E-state index is 8.60. The maximum Gasteiger partial charge on any atom is 0.0872 e. The fourth-order valence-electron chi connectivity index (χ4n) is 0.207. The minimum absolute atomic E-state index is 0.110. The molecule has 0 rings (SSSR count). The van der Waals surface area contributed by atoms with Crippen LogP contribution in [0.1, 0.15) is 0 Å². The quantitative estimate of drug-likeness (QED) is 0.421. The Kier molecular flexibility index (Phi) is 4.31. The third-order valence-corrected chi connectivity index (χ3v) is 1.51. The summed E-state index contributed by atoms with van der Waals surface area (Å²) in [5.74, 6) is 0. The number of hydrogen-bond acceptors (Lipinski definition) is 2. The summed E-state index contributed by atoms with van der Waals surface area (Å²) in [5, 5.41) is 8.20. The van der Waals surface area contributed by atoms with E-state index in [1.54, 1.807) is 6.08 Å². The summed E-state index contributed by atoms with van der Waals surface area (Å²) < 4.78 is 0. The van der Waals surface area contributed by atoms with Gasteiger partial charge >= 0.3 is 0 Å². The van der Waals surface area contributed by atoms with E-state index in [4.69, 9.17) is 10.00 Å². The Morgan fingerprint density at radius 1 is 1.71 bits per heavy atom. The Morgan fingerprint density at radius 3 is 2.43 bits per heavy atom. The first-order valence-corrected chi connectivity index (χ1v) is 3.63. The van der Waals surface area contributed by atoms with Gasteiger partial charge in [-0.05, 0) is 0 Å². The fourth-order valence-corrected chi connectivity index (χ4v) is 0.620. The van der Waals surface area contributed by atoms with Crippen molar-refractivity contribution in [3.05, 3.63) is 12.7 Å². The topological polar surface area (TPSA) is 40.5 Å². The number of hydrogen-bond donors (Lipinski definition) is 2. The second-order valence-corrected chi connectivity index (χ2v) is 2.78. The maximum absolute atomic E-state index is 8.60. The smallest absolute Gasteiger partial charge is 0.0872 e. The molecule has 0 spiro atoms. The first kappa shape index (κ1) is 7.09. The molecule has 3 heteroatoms. The highest BCUT2D eigenvalue weighted by Crippen LogP contribution is 2.26. The van der Waals surface area contributed by atoms with Gasteiger partial charge in [0.15, 0.2) is 0 Å². The second-order valence-electron chi connectivity index (χ2n) is 1.12. The molecule has 0 bridgehead atoms. The van der Waals surface area contributed by atoms with Crippen molar-refractivity contribution >= 4 is 8.15 Å². The minimum Gasteiger partial charge on any atom is -0.389 e. The van der Waals surface area contributed by atoms with Gasteiger partial charge in [0.1, 0.15) is 0 Å². The van der Waals surface area contributed by atoms with Gasteiger partial charge in [-0.25, -0.2) is 0 Å². The summed E-state index contributed by atoms with van der Waals surface area (Å²) in [4.78, 5) is 8.60. The van der Waals surface area contributed by atoms with Crippen molar-refractivity contribution in [1.29, 1.82) is 0 Å². The molecule has 0 aliphatic rings.